The first-order valence-electron chi connectivity index (χ1n) is 6.24. The minimum Gasteiger partial charge on any atom is -0.464 e. The van der Waals surface area contributed by atoms with Crippen molar-refractivity contribution in [2.45, 2.75) is 39.3 Å². The molecule has 1 unspecified atom stereocenters. The molecule has 1 saturated heterocycles. The molecule has 1 aliphatic rings. The van der Waals surface area contributed by atoms with E-state index in [0.717, 1.165) is 11.5 Å². The molecule has 1 N–H and O–H groups in total. The number of nitrogens with zero attached hydrogens (tertiary/aromatic N) is 1. The molecule has 0 aliphatic carbocycles. The first-order chi connectivity index (χ1) is 8.61. The van der Waals surface area contributed by atoms with E-state index in [1.807, 2.05) is 26.0 Å². The highest BCUT2D eigenvalue weighted by Crippen LogP contribution is 2.22. The molecule has 1 aromatic heterocycles. The van der Waals surface area contributed by atoms with Crippen LogP contribution in [0.15, 0.2) is 16.5 Å². The van der Waals surface area contributed by atoms with Crippen molar-refractivity contribution in [2.75, 3.05) is 6.54 Å². The lowest BCUT2D eigenvalue weighted by molar-refractivity contribution is -0.136. The smallest absolute Gasteiger partial charge is 0.242 e. The fraction of sp³-hybridized carbons (Fsp3) is 0.538. The zero-order valence-corrected chi connectivity index (χ0v) is 10.7. The van der Waals surface area contributed by atoms with Gasteiger partial charge in [0.25, 0.3) is 0 Å². The Morgan fingerprint density at radius 1 is 1.56 bits per heavy atom. The third-order valence-electron chi connectivity index (χ3n) is 3.10. The van der Waals surface area contributed by atoms with Gasteiger partial charge in [-0.05, 0) is 32.4 Å². The molecule has 1 fully saturated rings. The lowest BCUT2D eigenvalue weighted by Gasteiger charge is -2.22. The number of likely N-dealkylation sites (tertiary alicyclic amines) is 1. The molecular formula is C13H18N2O3. The van der Waals surface area contributed by atoms with E-state index >= 15 is 0 Å². The fourth-order valence-corrected chi connectivity index (χ4v) is 2.23. The van der Waals surface area contributed by atoms with Crippen molar-refractivity contribution in [3.05, 3.63) is 23.7 Å². The third-order valence-corrected chi connectivity index (χ3v) is 3.10. The molecule has 5 heteroatoms. The van der Waals surface area contributed by atoms with Crippen LogP contribution in [-0.4, -0.2) is 29.3 Å². The molecule has 2 rings (SSSR count). The van der Waals surface area contributed by atoms with Gasteiger partial charge in [0.05, 0.1) is 6.54 Å². The zero-order chi connectivity index (χ0) is 13.1. The Morgan fingerprint density at radius 3 is 2.94 bits per heavy atom. The van der Waals surface area contributed by atoms with E-state index in [1.54, 1.807) is 4.90 Å². The van der Waals surface area contributed by atoms with Gasteiger partial charge < -0.3 is 14.6 Å². The molecule has 0 spiro atoms. The van der Waals surface area contributed by atoms with Crippen molar-refractivity contribution in [3.8, 4) is 0 Å². The number of aryl methyl sites for hydroxylation is 1. The Bertz CT molecular complexity index is 453. The van der Waals surface area contributed by atoms with Crippen molar-refractivity contribution in [2.24, 2.45) is 0 Å². The summed E-state index contributed by atoms with van der Waals surface area (Å²) < 4.78 is 5.46. The molecule has 2 amide bonds. The number of amides is 2. The Hall–Kier alpha value is -1.78. The van der Waals surface area contributed by atoms with E-state index in [1.165, 1.54) is 0 Å². The average molecular weight is 250 g/mol. The minimum atomic E-state index is -0.358. The number of hydrogen-bond acceptors (Lipinski definition) is 3. The highest BCUT2D eigenvalue weighted by atomic mass is 16.3. The maximum atomic E-state index is 11.9. The lowest BCUT2D eigenvalue weighted by atomic mass is 10.2. The second-order valence-electron chi connectivity index (χ2n) is 4.48. The van der Waals surface area contributed by atoms with Crippen LogP contribution in [0.25, 0.3) is 0 Å². The number of carbonyl (C=O) groups is 2. The van der Waals surface area contributed by atoms with Crippen LogP contribution < -0.4 is 5.32 Å². The summed E-state index contributed by atoms with van der Waals surface area (Å²) in [5.41, 5.74) is 0. The molecule has 1 atom stereocenters. The second-order valence-corrected chi connectivity index (χ2v) is 4.48. The molecule has 0 saturated carbocycles. The lowest BCUT2D eigenvalue weighted by Crippen LogP contribution is -2.44. The van der Waals surface area contributed by atoms with Crippen molar-refractivity contribution in [1.29, 1.82) is 0 Å². The van der Waals surface area contributed by atoms with E-state index in [0.29, 0.717) is 25.9 Å². The molecule has 1 aliphatic heterocycles. The Balaban J connectivity index is 2.08. The quantitative estimate of drug-likeness (QED) is 0.873. The van der Waals surface area contributed by atoms with Crippen molar-refractivity contribution >= 4 is 11.8 Å². The van der Waals surface area contributed by atoms with Crippen LogP contribution in [0.1, 0.15) is 31.3 Å². The van der Waals surface area contributed by atoms with E-state index in [9.17, 15) is 9.59 Å². The summed E-state index contributed by atoms with van der Waals surface area (Å²) in [4.78, 5) is 25.3. The van der Waals surface area contributed by atoms with Gasteiger partial charge in [0.1, 0.15) is 17.6 Å². The SMILES string of the molecule is CCNC(=O)C1CCC(=O)N1Cc1ccc(C)o1. The van der Waals surface area contributed by atoms with E-state index in [-0.39, 0.29) is 17.9 Å². The first-order valence-corrected chi connectivity index (χ1v) is 6.24. The Labute approximate surface area is 106 Å². The van der Waals surface area contributed by atoms with Gasteiger partial charge in [-0.3, -0.25) is 9.59 Å². The topological polar surface area (TPSA) is 62.6 Å². The van der Waals surface area contributed by atoms with E-state index in [2.05, 4.69) is 5.32 Å². The van der Waals surface area contributed by atoms with Gasteiger partial charge in [-0.1, -0.05) is 0 Å². The molecule has 0 aromatic carbocycles. The normalized spacial score (nSPS) is 19.3. The minimum absolute atomic E-state index is 0.0142. The van der Waals surface area contributed by atoms with Gasteiger partial charge in [-0.25, -0.2) is 0 Å². The highest BCUT2D eigenvalue weighted by Gasteiger charge is 2.36. The standard InChI is InChI=1S/C13H18N2O3/c1-3-14-13(17)11-6-7-12(16)15(11)8-10-5-4-9(2)18-10/h4-5,11H,3,6-8H2,1-2H3,(H,14,17). The molecule has 5 nitrogen and oxygen atoms in total. The summed E-state index contributed by atoms with van der Waals surface area (Å²) in [6.07, 6.45) is 1.02. The molecule has 1 aromatic rings. The molecular weight excluding hydrogens is 232 g/mol. The number of hydrogen-bond donors (Lipinski definition) is 1. The predicted octanol–water partition coefficient (Wildman–Crippen LogP) is 1.22. The van der Waals surface area contributed by atoms with Crippen LogP contribution in [0.2, 0.25) is 0 Å². The zero-order valence-electron chi connectivity index (χ0n) is 10.7. The predicted molar refractivity (Wildman–Crippen MR) is 65.7 cm³/mol. The molecule has 98 valence electrons. The number of furan rings is 1. The molecule has 2 heterocycles. The first kappa shape index (κ1) is 12.7. The van der Waals surface area contributed by atoms with Gasteiger partial charge in [-0.15, -0.1) is 0 Å². The van der Waals surface area contributed by atoms with Crippen LogP contribution in [0.3, 0.4) is 0 Å². The Morgan fingerprint density at radius 2 is 2.33 bits per heavy atom. The van der Waals surface area contributed by atoms with Crippen LogP contribution in [0.4, 0.5) is 0 Å². The van der Waals surface area contributed by atoms with Crippen LogP contribution >= 0.6 is 0 Å². The maximum Gasteiger partial charge on any atom is 0.242 e. The summed E-state index contributed by atoms with van der Waals surface area (Å²) in [6.45, 7) is 4.68. The second kappa shape index (κ2) is 5.25. The van der Waals surface area contributed by atoms with Gasteiger partial charge in [0.15, 0.2) is 0 Å². The van der Waals surface area contributed by atoms with Gasteiger partial charge >= 0.3 is 0 Å². The maximum absolute atomic E-state index is 11.9. The number of carbonyl (C=O) groups excluding carboxylic acids is 2. The number of nitrogens with one attached hydrogen (secondary N) is 1. The average Bonchev–Trinajstić information content (AvgIpc) is 2.88. The van der Waals surface area contributed by atoms with Crippen LogP contribution in [-0.2, 0) is 16.1 Å². The monoisotopic (exact) mass is 250 g/mol. The van der Waals surface area contributed by atoms with Gasteiger partial charge in [0.2, 0.25) is 11.8 Å². The summed E-state index contributed by atoms with van der Waals surface area (Å²) in [6, 6.07) is 3.34. The molecule has 0 radical (unpaired) electrons. The molecule has 0 bridgehead atoms. The van der Waals surface area contributed by atoms with Crippen molar-refractivity contribution < 1.29 is 14.0 Å². The number of rotatable bonds is 4. The van der Waals surface area contributed by atoms with E-state index in [4.69, 9.17) is 4.42 Å². The molecule has 18 heavy (non-hydrogen) atoms. The third kappa shape index (κ3) is 2.55. The summed E-state index contributed by atoms with van der Waals surface area (Å²) >= 11 is 0. The van der Waals surface area contributed by atoms with Gasteiger partial charge in [-0.2, -0.15) is 0 Å². The highest BCUT2D eigenvalue weighted by molar-refractivity contribution is 5.90. The summed E-state index contributed by atoms with van der Waals surface area (Å²) in [5.74, 6) is 1.47. The van der Waals surface area contributed by atoms with Gasteiger partial charge in [0, 0.05) is 13.0 Å². The van der Waals surface area contributed by atoms with Crippen LogP contribution in [0.5, 0.6) is 0 Å². The van der Waals surface area contributed by atoms with Crippen molar-refractivity contribution in [1.82, 2.24) is 10.2 Å². The van der Waals surface area contributed by atoms with Crippen LogP contribution in [0, 0.1) is 6.92 Å². The Kier molecular flexibility index (Phi) is 3.69. The largest absolute Gasteiger partial charge is 0.464 e. The number of likely N-dealkylation sites (N-methyl/N-ethyl adjacent to an activating group) is 1. The van der Waals surface area contributed by atoms with E-state index < -0.39 is 0 Å². The summed E-state index contributed by atoms with van der Waals surface area (Å²) in [5, 5.41) is 2.77. The summed E-state index contributed by atoms with van der Waals surface area (Å²) in [7, 11) is 0. The fourth-order valence-electron chi connectivity index (χ4n) is 2.23. The van der Waals surface area contributed by atoms with Crippen molar-refractivity contribution in [3.63, 3.8) is 0 Å².